The van der Waals surface area contributed by atoms with Crippen LogP contribution in [0.3, 0.4) is 0 Å². The molecule has 0 spiro atoms. The molecule has 114 valence electrons. The Kier molecular flexibility index (Phi) is 3.12. The molecule has 0 saturated heterocycles. The lowest BCUT2D eigenvalue weighted by Gasteiger charge is -2.10. The van der Waals surface area contributed by atoms with Gasteiger partial charge in [-0.05, 0) is 30.3 Å². The lowest BCUT2D eigenvalue weighted by molar-refractivity contribution is 0.0946. The molecular formula is C18H16N4O. The average Bonchev–Trinajstić information content (AvgIpc) is 3.01. The summed E-state index contributed by atoms with van der Waals surface area (Å²) in [5.41, 5.74) is 12.0. The quantitative estimate of drug-likeness (QED) is 0.636. The third-order valence-corrected chi connectivity index (χ3v) is 4.06. The van der Waals surface area contributed by atoms with Crippen molar-refractivity contribution in [3.05, 3.63) is 59.9 Å². The molecule has 1 amide bonds. The lowest BCUT2D eigenvalue weighted by atomic mass is 10.1. The number of H-pyrrole nitrogens is 1. The number of hydrogen-bond acceptors (Lipinski definition) is 3. The summed E-state index contributed by atoms with van der Waals surface area (Å²) in [5.74, 6) is -0.0149. The van der Waals surface area contributed by atoms with Crippen LogP contribution in [0, 0.1) is 0 Å². The maximum atomic E-state index is 11.9. The number of nitrogens with two attached hydrogens (primary N) is 1. The van der Waals surface area contributed by atoms with Crippen molar-refractivity contribution in [2.75, 3.05) is 12.3 Å². The number of carbonyl (C=O) groups is 1. The first-order valence-corrected chi connectivity index (χ1v) is 7.53. The first-order chi connectivity index (χ1) is 11.2. The van der Waals surface area contributed by atoms with Gasteiger partial charge in [0.2, 0.25) is 0 Å². The highest BCUT2D eigenvalue weighted by molar-refractivity contribution is 5.97. The highest BCUT2D eigenvalue weighted by Gasteiger charge is 2.20. The number of fused-ring (bicyclic) bond motifs is 1. The summed E-state index contributed by atoms with van der Waals surface area (Å²) in [4.78, 5) is 19.7. The number of anilines is 1. The number of hydrogen-bond donors (Lipinski definition) is 3. The molecule has 1 aliphatic heterocycles. The van der Waals surface area contributed by atoms with E-state index in [1.54, 1.807) is 6.20 Å². The Morgan fingerprint density at radius 2 is 2.00 bits per heavy atom. The highest BCUT2D eigenvalue weighted by Crippen LogP contribution is 2.27. The molecule has 4 N–H and O–H groups in total. The zero-order chi connectivity index (χ0) is 15.8. The van der Waals surface area contributed by atoms with E-state index in [1.165, 1.54) is 0 Å². The fraction of sp³-hybridized carbons (Fsp3) is 0.111. The van der Waals surface area contributed by atoms with Gasteiger partial charge in [0.25, 0.3) is 5.91 Å². The van der Waals surface area contributed by atoms with Crippen LogP contribution in [-0.4, -0.2) is 22.4 Å². The highest BCUT2D eigenvalue weighted by atomic mass is 16.1. The number of aromatic amines is 1. The van der Waals surface area contributed by atoms with Crippen molar-refractivity contribution in [1.29, 1.82) is 0 Å². The number of carbonyl (C=O) groups excluding carboxylic acids is 1. The van der Waals surface area contributed by atoms with E-state index in [9.17, 15) is 4.79 Å². The molecule has 4 rings (SSSR count). The molecule has 0 radical (unpaired) electrons. The van der Waals surface area contributed by atoms with Gasteiger partial charge in [0.05, 0.1) is 11.3 Å². The van der Waals surface area contributed by atoms with Crippen molar-refractivity contribution in [3.8, 4) is 22.5 Å². The number of nitrogens with one attached hydrogen (secondary N) is 2. The van der Waals surface area contributed by atoms with Gasteiger partial charge in [-0.25, -0.2) is 0 Å². The minimum Gasteiger partial charge on any atom is -0.399 e. The Morgan fingerprint density at radius 3 is 2.83 bits per heavy atom. The third-order valence-electron chi connectivity index (χ3n) is 4.06. The van der Waals surface area contributed by atoms with Crippen LogP contribution in [-0.2, 0) is 6.42 Å². The largest absolute Gasteiger partial charge is 0.399 e. The average molecular weight is 304 g/mol. The lowest BCUT2D eigenvalue weighted by Crippen LogP contribution is -2.31. The fourth-order valence-corrected chi connectivity index (χ4v) is 2.90. The van der Waals surface area contributed by atoms with Gasteiger partial charge in [-0.1, -0.05) is 12.1 Å². The zero-order valence-corrected chi connectivity index (χ0v) is 12.5. The second kappa shape index (κ2) is 5.28. The molecule has 0 saturated carbocycles. The zero-order valence-electron chi connectivity index (χ0n) is 12.5. The van der Waals surface area contributed by atoms with E-state index in [-0.39, 0.29) is 5.91 Å². The molecule has 23 heavy (non-hydrogen) atoms. The summed E-state index contributed by atoms with van der Waals surface area (Å²) in [6.45, 7) is 0.677. The Labute approximate surface area is 133 Å². The second-order valence-corrected chi connectivity index (χ2v) is 5.64. The smallest absolute Gasteiger partial charge is 0.253 e. The van der Waals surface area contributed by atoms with Crippen molar-refractivity contribution >= 4 is 11.6 Å². The number of amides is 1. The maximum absolute atomic E-state index is 11.9. The molecule has 3 aromatic rings. The number of rotatable bonds is 2. The van der Waals surface area contributed by atoms with Crippen molar-refractivity contribution in [2.45, 2.75) is 6.42 Å². The first kappa shape index (κ1) is 13.6. The van der Waals surface area contributed by atoms with Gasteiger partial charge in [-0.3, -0.25) is 9.78 Å². The number of benzene rings is 1. The normalized spacial score (nSPS) is 13.5. The Morgan fingerprint density at radius 1 is 1.09 bits per heavy atom. The predicted molar refractivity (Wildman–Crippen MR) is 89.9 cm³/mol. The van der Waals surface area contributed by atoms with Gasteiger partial charge in [-0.15, -0.1) is 0 Å². The summed E-state index contributed by atoms with van der Waals surface area (Å²) < 4.78 is 0. The van der Waals surface area contributed by atoms with E-state index in [0.29, 0.717) is 12.2 Å². The molecule has 3 heterocycles. The molecular weight excluding hydrogens is 288 g/mol. The van der Waals surface area contributed by atoms with Crippen LogP contribution < -0.4 is 11.1 Å². The van der Waals surface area contributed by atoms with E-state index in [1.807, 2.05) is 42.5 Å². The number of nitrogen functional groups attached to an aromatic ring is 1. The topological polar surface area (TPSA) is 83.8 Å². The summed E-state index contributed by atoms with van der Waals surface area (Å²) in [6.07, 6.45) is 2.60. The van der Waals surface area contributed by atoms with E-state index in [2.05, 4.69) is 15.3 Å². The van der Waals surface area contributed by atoms with Crippen LogP contribution >= 0.6 is 0 Å². The van der Waals surface area contributed by atoms with E-state index < -0.39 is 0 Å². The van der Waals surface area contributed by atoms with Gasteiger partial charge in [0.1, 0.15) is 0 Å². The molecule has 1 aliphatic rings. The van der Waals surface area contributed by atoms with Gasteiger partial charge in [-0.2, -0.15) is 0 Å². The van der Waals surface area contributed by atoms with E-state index >= 15 is 0 Å². The van der Waals surface area contributed by atoms with Crippen LogP contribution in [0.25, 0.3) is 22.5 Å². The monoisotopic (exact) mass is 304 g/mol. The summed E-state index contributed by atoms with van der Waals surface area (Å²) >= 11 is 0. The van der Waals surface area contributed by atoms with Gasteiger partial charge in [0.15, 0.2) is 0 Å². The molecule has 0 aliphatic carbocycles. The Balaban J connectivity index is 1.76. The van der Waals surface area contributed by atoms with Crippen molar-refractivity contribution in [2.24, 2.45) is 0 Å². The Bertz CT molecular complexity index is 898. The maximum Gasteiger partial charge on any atom is 0.253 e. The molecule has 0 unspecified atom stereocenters. The van der Waals surface area contributed by atoms with Gasteiger partial charge in [0, 0.05) is 47.4 Å². The van der Waals surface area contributed by atoms with Crippen LogP contribution in [0.2, 0.25) is 0 Å². The summed E-state index contributed by atoms with van der Waals surface area (Å²) in [5, 5.41) is 2.86. The molecule has 5 nitrogen and oxygen atoms in total. The van der Waals surface area contributed by atoms with Gasteiger partial charge < -0.3 is 16.0 Å². The summed E-state index contributed by atoms with van der Waals surface area (Å²) in [7, 11) is 0. The van der Waals surface area contributed by atoms with Crippen LogP contribution in [0.4, 0.5) is 5.69 Å². The van der Waals surface area contributed by atoms with Crippen molar-refractivity contribution < 1.29 is 4.79 Å². The fourth-order valence-electron chi connectivity index (χ4n) is 2.90. The van der Waals surface area contributed by atoms with Crippen molar-refractivity contribution in [1.82, 2.24) is 15.3 Å². The second-order valence-electron chi connectivity index (χ2n) is 5.64. The van der Waals surface area contributed by atoms with Crippen LogP contribution in [0.1, 0.15) is 16.1 Å². The van der Waals surface area contributed by atoms with Crippen LogP contribution in [0.15, 0.2) is 48.7 Å². The molecule has 5 heteroatoms. The minimum atomic E-state index is -0.0149. The molecule has 0 fully saturated rings. The molecule has 1 aromatic carbocycles. The predicted octanol–water partition coefficient (Wildman–Crippen LogP) is 2.61. The molecule has 0 bridgehead atoms. The number of nitrogens with zero attached hydrogens (tertiary/aromatic N) is 1. The minimum absolute atomic E-state index is 0.0149. The van der Waals surface area contributed by atoms with Crippen molar-refractivity contribution in [3.63, 3.8) is 0 Å². The van der Waals surface area contributed by atoms with Crippen LogP contribution in [0.5, 0.6) is 0 Å². The Hall–Kier alpha value is -3.08. The molecule has 2 aromatic heterocycles. The number of aromatic nitrogens is 2. The SMILES string of the molecule is Nc1cccc(-c2cc(-c3cc4c([nH]3)CCNC4=O)ccn2)c1. The standard InChI is InChI=1S/C18H16N4O/c19-13-3-1-2-11(8-13)16-9-12(4-6-20-16)17-10-14-15(22-17)5-7-21-18(14)23/h1-4,6,8-10,22H,5,7,19H2,(H,21,23). The first-order valence-electron chi connectivity index (χ1n) is 7.53. The van der Waals surface area contributed by atoms with Gasteiger partial charge >= 0.3 is 0 Å². The third kappa shape index (κ3) is 2.46. The number of pyridine rings is 1. The summed E-state index contributed by atoms with van der Waals surface area (Å²) in [6, 6.07) is 13.5. The molecule has 0 atom stereocenters. The van der Waals surface area contributed by atoms with E-state index in [0.717, 1.165) is 40.2 Å². The van der Waals surface area contributed by atoms with E-state index in [4.69, 9.17) is 5.73 Å².